The lowest BCUT2D eigenvalue weighted by molar-refractivity contribution is -0.0461. The summed E-state index contributed by atoms with van der Waals surface area (Å²) in [4.78, 5) is 1.85. The van der Waals surface area contributed by atoms with Crippen LogP contribution in [0.2, 0.25) is 0 Å². The molecule has 2 unspecified atom stereocenters. The normalized spacial score (nSPS) is 29.3. The zero-order chi connectivity index (χ0) is 13.2. The van der Waals surface area contributed by atoms with Gasteiger partial charge in [0.25, 0.3) is 6.43 Å². The van der Waals surface area contributed by atoms with Crippen molar-refractivity contribution in [3.05, 3.63) is 0 Å². The monoisotopic (exact) mass is 249 g/mol. The maximum Gasteiger partial charge on any atom is 0.251 e. The third-order valence-electron chi connectivity index (χ3n) is 3.93. The van der Waals surface area contributed by atoms with E-state index in [4.69, 9.17) is 0 Å². The minimum atomic E-state index is -2.31. The zero-order valence-electron chi connectivity index (χ0n) is 11.3. The highest BCUT2D eigenvalue weighted by Crippen LogP contribution is 2.39. The summed E-state index contributed by atoms with van der Waals surface area (Å²) in [7, 11) is 0. The Morgan fingerprint density at radius 2 is 1.94 bits per heavy atom. The van der Waals surface area contributed by atoms with Crippen LogP contribution in [-0.4, -0.2) is 41.2 Å². The van der Waals surface area contributed by atoms with Crippen LogP contribution in [0.1, 0.15) is 47.0 Å². The molecule has 1 aliphatic carbocycles. The SMILES string of the molecule is CC(C)N(CC(F)F)C1CC(O)CCC1(C)C. The van der Waals surface area contributed by atoms with Gasteiger partial charge in [-0.3, -0.25) is 4.90 Å². The van der Waals surface area contributed by atoms with Crippen molar-refractivity contribution in [3.8, 4) is 0 Å². The number of hydrogen-bond donors (Lipinski definition) is 1. The van der Waals surface area contributed by atoms with Crippen molar-refractivity contribution in [2.45, 2.75) is 71.6 Å². The fourth-order valence-electron chi connectivity index (χ4n) is 2.84. The Kier molecular flexibility index (Phi) is 4.90. The van der Waals surface area contributed by atoms with Crippen molar-refractivity contribution in [3.63, 3.8) is 0 Å². The van der Waals surface area contributed by atoms with E-state index in [9.17, 15) is 13.9 Å². The molecule has 0 aliphatic heterocycles. The van der Waals surface area contributed by atoms with Crippen LogP contribution in [0.3, 0.4) is 0 Å². The van der Waals surface area contributed by atoms with E-state index in [0.29, 0.717) is 6.42 Å². The fourth-order valence-corrected chi connectivity index (χ4v) is 2.84. The van der Waals surface area contributed by atoms with Gasteiger partial charge in [0.1, 0.15) is 0 Å². The number of halogens is 2. The maximum absolute atomic E-state index is 12.6. The molecule has 2 nitrogen and oxygen atoms in total. The van der Waals surface area contributed by atoms with E-state index in [1.165, 1.54) is 0 Å². The molecule has 1 N–H and O–H groups in total. The summed E-state index contributed by atoms with van der Waals surface area (Å²) in [5.41, 5.74) is -0.00160. The fraction of sp³-hybridized carbons (Fsp3) is 1.00. The van der Waals surface area contributed by atoms with Crippen molar-refractivity contribution in [2.75, 3.05) is 6.54 Å². The second kappa shape index (κ2) is 5.61. The summed E-state index contributed by atoms with van der Waals surface area (Å²) >= 11 is 0. The predicted octanol–water partition coefficient (Wildman–Crippen LogP) is 2.90. The molecular formula is C13H25F2NO. The number of hydrogen-bond acceptors (Lipinski definition) is 2. The topological polar surface area (TPSA) is 23.5 Å². The van der Waals surface area contributed by atoms with Crippen molar-refractivity contribution in [2.24, 2.45) is 5.41 Å². The van der Waals surface area contributed by atoms with Gasteiger partial charge in [0.15, 0.2) is 0 Å². The van der Waals surface area contributed by atoms with E-state index in [1.807, 2.05) is 18.7 Å². The van der Waals surface area contributed by atoms with Crippen LogP contribution in [0.5, 0.6) is 0 Å². The van der Waals surface area contributed by atoms with Gasteiger partial charge in [-0.15, -0.1) is 0 Å². The highest BCUT2D eigenvalue weighted by atomic mass is 19.3. The number of rotatable bonds is 4. The average molecular weight is 249 g/mol. The van der Waals surface area contributed by atoms with Gasteiger partial charge in [-0.1, -0.05) is 13.8 Å². The van der Waals surface area contributed by atoms with Crippen molar-refractivity contribution >= 4 is 0 Å². The molecule has 2 atom stereocenters. The molecule has 1 aliphatic rings. The quantitative estimate of drug-likeness (QED) is 0.828. The second-order valence-electron chi connectivity index (χ2n) is 6.11. The lowest BCUT2D eigenvalue weighted by Gasteiger charge is -2.48. The first-order chi connectivity index (χ1) is 7.74. The molecule has 0 aromatic carbocycles. The summed E-state index contributed by atoms with van der Waals surface area (Å²) in [5.74, 6) is 0. The molecule has 0 saturated heterocycles. The minimum absolute atomic E-state index is 0.00160. The van der Waals surface area contributed by atoms with E-state index in [1.54, 1.807) is 0 Å². The van der Waals surface area contributed by atoms with Crippen LogP contribution in [0, 0.1) is 5.41 Å². The Bertz CT molecular complexity index is 244. The molecule has 1 rings (SSSR count). The molecule has 1 saturated carbocycles. The second-order valence-corrected chi connectivity index (χ2v) is 6.11. The van der Waals surface area contributed by atoms with Gasteiger partial charge in [-0.25, -0.2) is 8.78 Å². The Morgan fingerprint density at radius 1 is 1.35 bits per heavy atom. The molecule has 0 aromatic heterocycles. The van der Waals surface area contributed by atoms with Gasteiger partial charge >= 0.3 is 0 Å². The lowest BCUT2D eigenvalue weighted by atomic mass is 9.71. The maximum atomic E-state index is 12.6. The summed E-state index contributed by atoms with van der Waals surface area (Å²) in [6.45, 7) is 7.92. The van der Waals surface area contributed by atoms with Gasteiger partial charge in [-0.2, -0.15) is 0 Å². The highest BCUT2D eigenvalue weighted by molar-refractivity contribution is 4.93. The summed E-state index contributed by atoms with van der Waals surface area (Å²) in [6.07, 6.45) is -0.368. The van der Waals surface area contributed by atoms with Crippen LogP contribution in [0.25, 0.3) is 0 Å². The molecule has 17 heavy (non-hydrogen) atoms. The first kappa shape index (κ1) is 14.8. The Morgan fingerprint density at radius 3 is 2.41 bits per heavy atom. The van der Waals surface area contributed by atoms with Crippen molar-refractivity contribution < 1.29 is 13.9 Å². The van der Waals surface area contributed by atoms with Crippen LogP contribution in [0.4, 0.5) is 8.78 Å². The Labute approximate surface area is 103 Å². The summed E-state index contributed by atoms with van der Waals surface area (Å²) in [6, 6.07) is 0.124. The molecule has 0 aromatic rings. The van der Waals surface area contributed by atoms with Gasteiger partial charge in [0, 0.05) is 12.1 Å². The largest absolute Gasteiger partial charge is 0.393 e. The summed E-state index contributed by atoms with van der Waals surface area (Å²) in [5, 5.41) is 9.76. The minimum Gasteiger partial charge on any atom is -0.393 e. The zero-order valence-corrected chi connectivity index (χ0v) is 11.3. The first-order valence-electron chi connectivity index (χ1n) is 6.46. The van der Waals surface area contributed by atoms with E-state index in [2.05, 4.69) is 13.8 Å². The number of alkyl halides is 2. The van der Waals surface area contributed by atoms with Crippen LogP contribution in [0.15, 0.2) is 0 Å². The molecule has 102 valence electrons. The predicted molar refractivity (Wildman–Crippen MR) is 65.3 cm³/mol. The third-order valence-corrected chi connectivity index (χ3v) is 3.93. The van der Waals surface area contributed by atoms with E-state index >= 15 is 0 Å². The van der Waals surface area contributed by atoms with Crippen LogP contribution in [-0.2, 0) is 0 Å². The molecule has 1 fully saturated rings. The van der Waals surface area contributed by atoms with Crippen LogP contribution < -0.4 is 0 Å². The summed E-state index contributed by atoms with van der Waals surface area (Å²) < 4.78 is 25.3. The van der Waals surface area contributed by atoms with Crippen molar-refractivity contribution in [1.29, 1.82) is 0 Å². The number of aliphatic hydroxyl groups excluding tert-OH is 1. The highest BCUT2D eigenvalue weighted by Gasteiger charge is 2.40. The van der Waals surface area contributed by atoms with Crippen LogP contribution >= 0.6 is 0 Å². The van der Waals surface area contributed by atoms with Gasteiger partial charge in [0.05, 0.1) is 12.6 Å². The van der Waals surface area contributed by atoms with Gasteiger partial charge < -0.3 is 5.11 Å². The third kappa shape index (κ3) is 3.88. The van der Waals surface area contributed by atoms with Crippen molar-refractivity contribution in [1.82, 2.24) is 4.90 Å². The van der Waals surface area contributed by atoms with Gasteiger partial charge in [-0.05, 0) is 38.5 Å². The Hall–Kier alpha value is -0.220. The lowest BCUT2D eigenvalue weighted by Crippen LogP contribution is -2.53. The van der Waals surface area contributed by atoms with E-state index in [0.717, 1.165) is 12.8 Å². The molecule has 0 spiro atoms. The molecule has 0 radical (unpaired) electrons. The van der Waals surface area contributed by atoms with E-state index in [-0.39, 0.29) is 30.1 Å². The standard InChI is InChI=1S/C13H25F2NO/c1-9(2)16(8-12(14)15)11-7-10(17)5-6-13(11,3)4/h9-12,17H,5-8H2,1-4H3. The molecule has 0 heterocycles. The van der Waals surface area contributed by atoms with Gasteiger partial charge in [0.2, 0.25) is 0 Å². The molecular weight excluding hydrogens is 224 g/mol. The number of aliphatic hydroxyl groups is 1. The average Bonchev–Trinajstić information content (AvgIpc) is 2.18. The first-order valence-corrected chi connectivity index (χ1v) is 6.46. The van der Waals surface area contributed by atoms with E-state index < -0.39 is 6.43 Å². The smallest absolute Gasteiger partial charge is 0.251 e. The molecule has 0 amide bonds. The number of nitrogens with zero attached hydrogens (tertiary/aromatic N) is 1. The Balaban J connectivity index is 2.82. The molecule has 0 bridgehead atoms. The molecule has 4 heteroatoms.